The fourth-order valence-corrected chi connectivity index (χ4v) is 2.33. The molecule has 0 aromatic rings. The maximum Gasteiger partial charge on any atom is 0.0472 e. The van der Waals surface area contributed by atoms with Crippen LogP contribution in [0.5, 0.6) is 0 Å². The molecule has 0 spiro atoms. The number of aliphatic hydroxyl groups is 1. The molecule has 2 rings (SSSR count). The maximum absolute atomic E-state index is 8.89. The average Bonchev–Trinajstić information content (AvgIpc) is 2.42. The summed E-state index contributed by atoms with van der Waals surface area (Å²) in [6.07, 6.45) is 4.00. The van der Waals surface area contributed by atoms with Gasteiger partial charge in [-0.2, -0.15) is 0 Å². The lowest BCUT2D eigenvalue weighted by molar-refractivity contribution is 0.223. The predicted molar refractivity (Wildman–Crippen MR) is 39.8 cm³/mol. The van der Waals surface area contributed by atoms with Gasteiger partial charge < -0.3 is 10.0 Å². The topological polar surface area (TPSA) is 23.5 Å². The van der Waals surface area contributed by atoms with E-state index in [2.05, 4.69) is 4.90 Å². The molecule has 2 nitrogen and oxygen atoms in total. The number of nitrogens with zero attached hydrogens (tertiary/aromatic N) is 1. The van der Waals surface area contributed by atoms with Crippen LogP contribution in [-0.4, -0.2) is 35.7 Å². The summed E-state index contributed by atoms with van der Waals surface area (Å²) in [6.45, 7) is 2.83. The van der Waals surface area contributed by atoms with Gasteiger partial charge in [0.2, 0.25) is 0 Å². The first-order chi connectivity index (χ1) is 4.90. The van der Waals surface area contributed by atoms with Crippen molar-refractivity contribution < 1.29 is 5.11 Å². The molecular weight excluding hydrogens is 126 g/mol. The quantitative estimate of drug-likeness (QED) is 0.573. The van der Waals surface area contributed by atoms with Gasteiger partial charge in [-0.05, 0) is 31.7 Å². The van der Waals surface area contributed by atoms with Crippen LogP contribution in [0.15, 0.2) is 0 Å². The lowest BCUT2D eigenvalue weighted by Crippen LogP contribution is -2.22. The zero-order valence-electron chi connectivity index (χ0n) is 6.29. The highest BCUT2D eigenvalue weighted by molar-refractivity contribution is 4.88. The van der Waals surface area contributed by atoms with Crippen LogP contribution < -0.4 is 0 Å². The first-order valence-corrected chi connectivity index (χ1v) is 4.25. The number of fused-ring (bicyclic) bond motifs is 1. The molecule has 2 aliphatic heterocycles. The molecule has 0 bridgehead atoms. The molecule has 2 fully saturated rings. The molecule has 58 valence electrons. The minimum absolute atomic E-state index is 0.396. The van der Waals surface area contributed by atoms with E-state index in [1.165, 1.54) is 25.8 Å². The van der Waals surface area contributed by atoms with Crippen LogP contribution in [0, 0.1) is 5.92 Å². The van der Waals surface area contributed by atoms with Crippen LogP contribution in [-0.2, 0) is 0 Å². The zero-order valence-corrected chi connectivity index (χ0v) is 6.29. The third kappa shape index (κ3) is 0.956. The zero-order chi connectivity index (χ0) is 6.97. The summed E-state index contributed by atoms with van der Waals surface area (Å²) in [6, 6.07) is 0.831. The summed E-state index contributed by atoms with van der Waals surface area (Å²) in [4.78, 5) is 2.53. The Kier molecular flexibility index (Phi) is 1.66. The largest absolute Gasteiger partial charge is 0.396 e. The minimum Gasteiger partial charge on any atom is -0.396 e. The van der Waals surface area contributed by atoms with Gasteiger partial charge in [-0.1, -0.05) is 0 Å². The Morgan fingerprint density at radius 3 is 3.10 bits per heavy atom. The van der Waals surface area contributed by atoms with Crippen molar-refractivity contribution in [3.8, 4) is 0 Å². The first-order valence-electron chi connectivity index (χ1n) is 4.25. The molecule has 10 heavy (non-hydrogen) atoms. The molecule has 0 saturated carbocycles. The van der Waals surface area contributed by atoms with Gasteiger partial charge in [-0.3, -0.25) is 0 Å². The molecule has 0 radical (unpaired) electrons. The Balaban J connectivity index is 1.94. The highest BCUT2D eigenvalue weighted by Crippen LogP contribution is 2.30. The number of aliphatic hydroxyl groups excluding tert-OH is 1. The summed E-state index contributed by atoms with van der Waals surface area (Å²) >= 11 is 0. The molecule has 0 amide bonds. The fourth-order valence-electron chi connectivity index (χ4n) is 2.33. The Bertz CT molecular complexity index is 114. The molecule has 0 aromatic heterocycles. The van der Waals surface area contributed by atoms with Gasteiger partial charge in [0.05, 0.1) is 0 Å². The summed E-state index contributed by atoms with van der Waals surface area (Å²) in [5, 5.41) is 8.89. The van der Waals surface area contributed by atoms with Gasteiger partial charge >= 0.3 is 0 Å². The van der Waals surface area contributed by atoms with E-state index in [0.717, 1.165) is 12.6 Å². The highest BCUT2D eigenvalue weighted by atomic mass is 16.3. The molecule has 1 N–H and O–H groups in total. The number of hydrogen-bond donors (Lipinski definition) is 1. The Labute approximate surface area is 61.8 Å². The SMILES string of the molecule is OC[C@@H]1C[C@H]2CCCN2C1. The molecule has 2 aliphatic rings. The van der Waals surface area contributed by atoms with Crippen molar-refractivity contribution >= 4 is 0 Å². The molecule has 2 saturated heterocycles. The highest BCUT2D eigenvalue weighted by Gasteiger charge is 2.34. The molecule has 0 aromatic carbocycles. The summed E-state index contributed by atoms with van der Waals surface area (Å²) in [7, 11) is 0. The van der Waals surface area contributed by atoms with E-state index in [9.17, 15) is 0 Å². The lowest BCUT2D eigenvalue weighted by atomic mass is 10.0. The minimum atomic E-state index is 0.396. The lowest BCUT2D eigenvalue weighted by Gasteiger charge is -2.12. The molecule has 2 heterocycles. The van der Waals surface area contributed by atoms with Crippen LogP contribution in [0.3, 0.4) is 0 Å². The van der Waals surface area contributed by atoms with Crippen molar-refractivity contribution in [3.63, 3.8) is 0 Å². The van der Waals surface area contributed by atoms with E-state index in [0.29, 0.717) is 12.5 Å². The van der Waals surface area contributed by atoms with E-state index in [4.69, 9.17) is 5.11 Å². The Morgan fingerprint density at radius 1 is 1.50 bits per heavy atom. The summed E-state index contributed by atoms with van der Waals surface area (Å²) < 4.78 is 0. The molecule has 2 heteroatoms. The number of rotatable bonds is 1. The van der Waals surface area contributed by atoms with Crippen molar-refractivity contribution in [3.05, 3.63) is 0 Å². The van der Waals surface area contributed by atoms with Gasteiger partial charge in [-0.25, -0.2) is 0 Å². The van der Waals surface area contributed by atoms with Crippen LogP contribution in [0.1, 0.15) is 19.3 Å². The third-order valence-corrected chi connectivity index (χ3v) is 2.86. The van der Waals surface area contributed by atoms with Crippen LogP contribution >= 0.6 is 0 Å². The van der Waals surface area contributed by atoms with Gasteiger partial charge in [0, 0.05) is 19.2 Å². The summed E-state index contributed by atoms with van der Waals surface area (Å²) in [5.74, 6) is 0.588. The van der Waals surface area contributed by atoms with Crippen LogP contribution in [0.25, 0.3) is 0 Å². The van der Waals surface area contributed by atoms with Crippen molar-refractivity contribution in [2.24, 2.45) is 5.92 Å². The van der Waals surface area contributed by atoms with Crippen molar-refractivity contribution in [1.82, 2.24) is 4.90 Å². The Hall–Kier alpha value is -0.0800. The van der Waals surface area contributed by atoms with E-state index in [-0.39, 0.29) is 0 Å². The third-order valence-electron chi connectivity index (χ3n) is 2.86. The molecule has 0 aliphatic carbocycles. The maximum atomic E-state index is 8.89. The van der Waals surface area contributed by atoms with Crippen LogP contribution in [0.4, 0.5) is 0 Å². The van der Waals surface area contributed by atoms with Crippen molar-refractivity contribution in [1.29, 1.82) is 0 Å². The van der Waals surface area contributed by atoms with E-state index < -0.39 is 0 Å². The van der Waals surface area contributed by atoms with Gasteiger partial charge in [0.1, 0.15) is 0 Å². The van der Waals surface area contributed by atoms with E-state index >= 15 is 0 Å². The van der Waals surface area contributed by atoms with Crippen molar-refractivity contribution in [2.75, 3.05) is 19.7 Å². The van der Waals surface area contributed by atoms with E-state index in [1.54, 1.807) is 0 Å². The smallest absolute Gasteiger partial charge is 0.0472 e. The van der Waals surface area contributed by atoms with E-state index in [1.807, 2.05) is 0 Å². The number of hydrogen-bond acceptors (Lipinski definition) is 2. The van der Waals surface area contributed by atoms with Gasteiger partial charge in [0.15, 0.2) is 0 Å². The second kappa shape index (κ2) is 2.51. The second-order valence-electron chi connectivity index (χ2n) is 3.58. The molecule has 2 atom stereocenters. The van der Waals surface area contributed by atoms with Gasteiger partial charge in [-0.15, -0.1) is 0 Å². The monoisotopic (exact) mass is 141 g/mol. The van der Waals surface area contributed by atoms with Crippen LogP contribution in [0.2, 0.25) is 0 Å². The second-order valence-corrected chi connectivity index (χ2v) is 3.58. The average molecular weight is 141 g/mol. The first kappa shape index (κ1) is 6.62. The summed E-state index contributed by atoms with van der Waals surface area (Å²) in [5.41, 5.74) is 0. The standard InChI is InChI=1S/C8H15NO/c10-6-7-4-8-2-1-3-9(8)5-7/h7-8,10H,1-6H2/t7-,8-/m1/s1. The predicted octanol–water partition coefficient (Wildman–Crippen LogP) is 0.463. The Morgan fingerprint density at radius 2 is 2.40 bits per heavy atom. The van der Waals surface area contributed by atoms with Gasteiger partial charge in [0.25, 0.3) is 0 Å². The fraction of sp³-hybridized carbons (Fsp3) is 1.00. The normalized spacial score (nSPS) is 40.5. The molecular formula is C8H15NO. The van der Waals surface area contributed by atoms with Crippen molar-refractivity contribution in [2.45, 2.75) is 25.3 Å². The molecule has 0 unspecified atom stereocenters.